The fraction of sp³-hybridized carbons (Fsp3) is 0.300. The van der Waals surface area contributed by atoms with Gasteiger partial charge in [0, 0.05) is 0 Å². The quantitative estimate of drug-likeness (QED) is 0.743. The molecule has 14 heavy (non-hydrogen) atoms. The zero-order chi connectivity index (χ0) is 10.1. The third kappa shape index (κ3) is 1.55. The van der Waals surface area contributed by atoms with Crippen molar-refractivity contribution in [2.24, 2.45) is 0 Å². The number of hydrogen-bond acceptors (Lipinski definition) is 2. The van der Waals surface area contributed by atoms with E-state index in [-0.39, 0.29) is 11.9 Å². The molecule has 3 nitrogen and oxygen atoms in total. The molecule has 1 aromatic rings. The van der Waals surface area contributed by atoms with Crippen molar-refractivity contribution >= 4 is 6.09 Å². The average molecular weight is 195 g/mol. The Labute approximate surface area is 80.9 Å². The number of hydrogen-bond donors (Lipinski definition) is 1. The number of ether oxygens (including phenoxy) is 1. The van der Waals surface area contributed by atoms with Gasteiger partial charge in [0.1, 0.15) is 11.9 Å². The molecule has 1 amide bonds. The van der Waals surface area contributed by atoms with Crippen LogP contribution in [0.25, 0.3) is 0 Å². The highest BCUT2D eigenvalue weighted by Gasteiger charge is 2.24. The first-order valence-electron chi connectivity index (χ1n) is 4.37. The number of halogens is 1. The molecular weight excluding hydrogens is 185 g/mol. The Kier molecular flexibility index (Phi) is 2.11. The number of cyclic esters (lactones) is 1. The van der Waals surface area contributed by atoms with E-state index >= 15 is 0 Å². The second kappa shape index (κ2) is 3.29. The lowest BCUT2D eigenvalue weighted by Gasteiger charge is -2.08. The van der Waals surface area contributed by atoms with Crippen molar-refractivity contribution in [1.82, 2.24) is 5.32 Å². The average Bonchev–Trinajstić information content (AvgIpc) is 2.57. The van der Waals surface area contributed by atoms with Gasteiger partial charge in [-0.25, -0.2) is 9.18 Å². The normalized spacial score (nSPS) is 20.4. The summed E-state index contributed by atoms with van der Waals surface area (Å²) in [4.78, 5) is 10.8. The first-order valence-corrected chi connectivity index (χ1v) is 4.37. The highest BCUT2D eigenvalue weighted by molar-refractivity contribution is 5.69. The van der Waals surface area contributed by atoms with Crippen LogP contribution in [0.3, 0.4) is 0 Å². The molecule has 74 valence electrons. The minimum Gasteiger partial charge on any atom is -0.439 e. The van der Waals surface area contributed by atoms with E-state index in [1.54, 1.807) is 19.1 Å². The number of nitrogens with one attached hydrogen (secondary N) is 1. The van der Waals surface area contributed by atoms with Gasteiger partial charge in [-0.2, -0.15) is 0 Å². The monoisotopic (exact) mass is 195 g/mol. The summed E-state index contributed by atoms with van der Waals surface area (Å²) in [6, 6.07) is 4.71. The molecule has 1 unspecified atom stereocenters. The second-order valence-electron chi connectivity index (χ2n) is 3.28. The van der Waals surface area contributed by atoms with Crippen LogP contribution in [0.5, 0.6) is 0 Å². The summed E-state index contributed by atoms with van der Waals surface area (Å²) < 4.78 is 17.9. The highest BCUT2D eigenvalue weighted by atomic mass is 19.1. The molecule has 0 bridgehead atoms. The lowest BCUT2D eigenvalue weighted by molar-refractivity contribution is 0.141. The molecule has 1 saturated heterocycles. The van der Waals surface area contributed by atoms with Crippen molar-refractivity contribution in [1.29, 1.82) is 0 Å². The summed E-state index contributed by atoms with van der Waals surface area (Å²) in [5.41, 5.74) is 1.38. The van der Waals surface area contributed by atoms with Crippen LogP contribution < -0.4 is 5.32 Å². The molecule has 1 aliphatic rings. The van der Waals surface area contributed by atoms with Gasteiger partial charge in [-0.15, -0.1) is 0 Å². The van der Waals surface area contributed by atoms with E-state index in [1.807, 2.05) is 0 Å². The number of alkyl carbamates (subject to hydrolysis) is 1. The molecule has 1 aliphatic heterocycles. The Morgan fingerprint density at radius 3 is 2.93 bits per heavy atom. The predicted octanol–water partition coefficient (Wildman–Crippen LogP) is 1.92. The molecule has 0 spiro atoms. The van der Waals surface area contributed by atoms with Gasteiger partial charge >= 0.3 is 6.09 Å². The van der Waals surface area contributed by atoms with Gasteiger partial charge in [0.05, 0.1) is 6.54 Å². The van der Waals surface area contributed by atoms with Gasteiger partial charge < -0.3 is 10.1 Å². The van der Waals surface area contributed by atoms with E-state index in [2.05, 4.69) is 5.32 Å². The minimum atomic E-state index is -0.419. The van der Waals surface area contributed by atoms with Gasteiger partial charge in [-0.3, -0.25) is 0 Å². The summed E-state index contributed by atoms with van der Waals surface area (Å²) in [5, 5.41) is 2.55. The standard InChI is InChI=1S/C10H10FNO2/c1-6-4-7(2-3-8(6)11)9-5-12-10(13)14-9/h2-4,9H,5H2,1H3,(H,12,13). The van der Waals surface area contributed by atoms with Crippen LogP contribution in [0.15, 0.2) is 18.2 Å². The molecule has 1 N–H and O–H groups in total. The molecule has 1 fully saturated rings. The smallest absolute Gasteiger partial charge is 0.407 e. The maximum Gasteiger partial charge on any atom is 0.407 e. The topological polar surface area (TPSA) is 38.3 Å². The lowest BCUT2D eigenvalue weighted by atomic mass is 10.1. The molecule has 1 aromatic carbocycles. The molecule has 1 atom stereocenters. The summed E-state index contributed by atoms with van der Waals surface area (Å²) in [6.45, 7) is 2.13. The number of amides is 1. The SMILES string of the molecule is Cc1cc(C2CNC(=O)O2)ccc1F. The van der Waals surface area contributed by atoms with Crippen molar-refractivity contribution in [3.8, 4) is 0 Å². The van der Waals surface area contributed by atoms with Crippen molar-refractivity contribution in [3.05, 3.63) is 35.1 Å². The van der Waals surface area contributed by atoms with Crippen LogP contribution >= 0.6 is 0 Å². The molecule has 0 aliphatic carbocycles. The van der Waals surface area contributed by atoms with Crippen LogP contribution in [0.4, 0.5) is 9.18 Å². The van der Waals surface area contributed by atoms with Crippen LogP contribution in [0, 0.1) is 12.7 Å². The maximum absolute atomic E-state index is 12.9. The number of benzene rings is 1. The van der Waals surface area contributed by atoms with Crippen LogP contribution in [-0.2, 0) is 4.74 Å². The van der Waals surface area contributed by atoms with Crippen molar-refractivity contribution in [2.45, 2.75) is 13.0 Å². The summed E-state index contributed by atoms with van der Waals surface area (Å²) in [5.74, 6) is -0.244. The summed E-state index contributed by atoms with van der Waals surface area (Å²) >= 11 is 0. The molecule has 0 saturated carbocycles. The van der Waals surface area contributed by atoms with Crippen molar-refractivity contribution in [2.75, 3.05) is 6.54 Å². The van der Waals surface area contributed by atoms with E-state index in [9.17, 15) is 9.18 Å². The molecule has 0 aromatic heterocycles. The lowest BCUT2D eigenvalue weighted by Crippen LogP contribution is -2.12. The van der Waals surface area contributed by atoms with Gasteiger partial charge in [0.25, 0.3) is 0 Å². The van der Waals surface area contributed by atoms with E-state index < -0.39 is 6.09 Å². The highest BCUT2D eigenvalue weighted by Crippen LogP contribution is 2.22. The zero-order valence-corrected chi connectivity index (χ0v) is 7.71. The van der Waals surface area contributed by atoms with E-state index in [1.165, 1.54) is 6.07 Å². The minimum absolute atomic E-state index is 0.244. The first-order chi connectivity index (χ1) is 6.66. The fourth-order valence-electron chi connectivity index (χ4n) is 1.44. The van der Waals surface area contributed by atoms with E-state index in [4.69, 9.17) is 4.74 Å². The maximum atomic E-state index is 12.9. The fourth-order valence-corrected chi connectivity index (χ4v) is 1.44. The van der Waals surface area contributed by atoms with Crippen molar-refractivity contribution < 1.29 is 13.9 Å². The van der Waals surface area contributed by atoms with Gasteiger partial charge in [0.2, 0.25) is 0 Å². The predicted molar refractivity (Wildman–Crippen MR) is 48.4 cm³/mol. The first kappa shape index (κ1) is 8.99. The molecular formula is C10H10FNO2. The Hall–Kier alpha value is -1.58. The van der Waals surface area contributed by atoms with Gasteiger partial charge in [-0.1, -0.05) is 6.07 Å². The van der Waals surface area contributed by atoms with Crippen molar-refractivity contribution in [3.63, 3.8) is 0 Å². The molecule has 4 heteroatoms. The summed E-state index contributed by atoms with van der Waals surface area (Å²) in [7, 11) is 0. The Bertz CT molecular complexity index is 378. The van der Waals surface area contributed by atoms with Gasteiger partial charge in [-0.05, 0) is 30.2 Å². The zero-order valence-electron chi connectivity index (χ0n) is 7.71. The molecule has 1 heterocycles. The molecule has 2 rings (SSSR count). The number of carbonyl (C=O) groups excluding carboxylic acids is 1. The van der Waals surface area contributed by atoms with Crippen LogP contribution in [-0.4, -0.2) is 12.6 Å². The number of aryl methyl sites for hydroxylation is 1. The Morgan fingerprint density at radius 2 is 2.36 bits per heavy atom. The second-order valence-corrected chi connectivity index (χ2v) is 3.28. The summed E-state index contributed by atoms with van der Waals surface area (Å²) in [6.07, 6.45) is -0.709. The third-order valence-corrected chi connectivity index (χ3v) is 2.23. The number of carbonyl (C=O) groups is 1. The van der Waals surface area contributed by atoms with Crippen LogP contribution in [0.2, 0.25) is 0 Å². The largest absolute Gasteiger partial charge is 0.439 e. The van der Waals surface area contributed by atoms with Gasteiger partial charge in [0.15, 0.2) is 0 Å². The van der Waals surface area contributed by atoms with E-state index in [0.717, 1.165) is 5.56 Å². The van der Waals surface area contributed by atoms with E-state index in [0.29, 0.717) is 12.1 Å². The Morgan fingerprint density at radius 1 is 1.57 bits per heavy atom. The van der Waals surface area contributed by atoms with Crippen LogP contribution in [0.1, 0.15) is 17.2 Å². The number of rotatable bonds is 1. The Balaban J connectivity index is 2.24. The molecule has 0 radical (unpaired) electrons. The third-order valence-electron chi connectivity index (χ3n) is 2.23.